The summed E-state index contributed by atoms with van der Waals surface area (Å²) in [7, 11) is 0. The third kappa shape index (κ3) is 3.72. The van der Waals surface area contributed by atoms with Crippen LogP contribution in [0, 0.1) is 6.92 Å². The number of hydrogen-bond acceptors (Lipinski definition) is 4. The molecular weight excluding hydrogens is 390 g/mol. The summed E-state index contributed by atoms with van der Waals surface area (Å²) in [5, 5.41) is 0.594. The van der Waals surface area contributed by atoms with E-state index in [1.807, 2.05) is 54.0 Å². The molecule has 0 saturated carbocycles. The number of amides is 1. The minimum Gasteiger partial charge on any atom is -0.465 e. The number of carbonyl (C=O) groups excluding carboxylic acids is 2. The molecular formula is C22H22ClN3O3. The lowest BCUT2D eigenvalue weighted by atomic mass is 10.1. The number of aryl methyl sites for hydroxylation is 1. The number of rotatable bonds is 5. The van der Waals surface area contributed by atoms with E-state index >= 15 is 0 Å². The summed E-state index contributed by atoms with van der Waals surface area (Å²) >= 11 is 6.16. The Morgan fingerprint density at radius 1 is 1.28 bits per heavy atom. The Bertz CT molecular complexity index is 1090. The monoisotopic (exact) mass is 411 g/mol. The molecule has 1 aliphatic rings. The molecule has 1 atom stereocenters. The lowest BCUT2D eigenvalue weighted by Crippen LogP contribution is -2.25. The molecule has 1 aliphatic heterocycles. The molecule has 0 radical (unpaired) electrons. The van der Waals surface area contributed by atoms with Crippen LogP contribution in [0.25, 0.3) is 11.0 Å². The van der Waals surface area contributed by atoms with Crippen molar-refractivity contribution in [3.63, 3.8) is 0 Å². The first-order chi connectivity index (χ1) is 14.0. The summed E-state index contributed by atoms with van der Waals surface area (Å²) in [6.45, 7) is 4.63. The van der Waals surface area contributed by atoms with Gasteiger partial charge < -0.3 is 14.2 Å². The highest BCUT2D eigenvalue weighted by atomic mass is 35.5. The highest BCUT2D eigenvalue weighted by Gasteiger charge is 2.35. The molecule has 7 heteroatoms. The molecule has 0 unspecified atom stereocenters. The second-order valence-electron chi connectivity index (χ2n) is 7.19. The second kappa shape index (κ2) is 7.87. The van der Waals surface area contributed by atoms with Gasteiger partial charge >= 0.3 is 5.97 Å². The van der Waals surface area contributed by atoms with Crippen LogP contribution in [0.3, 0.4) is 0 Å². The number of imidazole rings is 1. The fraction of sp³-hybridized carbons (Fsp3) is 0.318. The molecule has 4 rings (SSSR count). The Balaban J connectivity index is 1.70. The van der Waals surface area contributed by atoms with Crippen molar-refractivity contribution in [3.05, 3.63) is 58.9 Å². The summed E-state index contributed by atoms with van der Waals surface area (Å²) in [6, 6.07) is 13.2. The third-order valence-corrected chi connectivity index (χ3v) is 5.46. The molecule has 6 nitrogen and oxygen atoms in total. The zero-order valence-electron chi connectivity index (χ0n) is 16.4. The van der Waals surface area contributed by atoms with Crippen molar-refractivity contribution < 1.29 is 14.3 Å². The highest BCUT2D eigenvalue weighted by molar-refractivity contribution is 6.31. The average Bonchev–Trinajstić information content (AvgIpc) is 3.25. The van der Waals surface area contributed by atoms with Crippen LogP contribution in [0.1, 0.15) is 30.7 Å². The number of carbonyl (C=O) groups is 2. The van der Waals surface area contributed by atoms with Crippen molar-refractivity contribution in [3.8, 4) is 0 Å². The Morgan fingerprint density at radius 3 is 2.86 bits per heavy atom. The summed E-state index contributed by atoms with van der Waals surface area (Å²) in [6.07, 6.45) is 0.331. The van der Waals surface area contributed by atoms with Gasteiger partial charge in [-0.15, -0.1) is 0 Å². The van der Waals surface area contributed by atoms with Crippen molar-refractivity contribution in [1.82, 2.24) is 9.55 Å². The van der Waals surface area contributed by atoms with Crippen LogP contribution >= 0.6 is 11.6 Å². The van der Waals surface area contributed by atoms with Crippen molar-refractivity contribution >= 4 is 40.2 Å². The van der Waals surface area contributed by atoms with E-state index < -0.39 is 0 Å². The van der Waals surface area contributed by atoms with E-state index in [2.05, 4.69) is 0 Å². The quantitative estimate of drug-likeness (QED) is 0.593. The van der Waals surface area contributed by atoms with Gasteiger partial charge in [0, 0.05) is 29.6 Å². The maximum atomic E-state index is 12.8. The summed E-state index contributed by atoms with van der Waals surface area (Å²) in [4.78, 5) is 31.5. The van der Waals surface area contributed by atoms with E-state index in [1.165, 1.54) is 0 Å². The molecule has 1 saturated heterocycles. The number of ether oxygens (including phenoxy) is 1. The average molecular weight is 412 g/mol. The molecule has 0 bridgehead atoms. The number of anilines is 1. The standard InChI is InChI=1S/C22H22ClN3O3/c1-3-29-21(28)13-26-18-7-5-4-6-17(18)24-22(26)15-10-20(27)25(12-15)19-11-16(23)9-8-14(19)2/h4-9,11,15H,3,10,12-13H2,1-2H3/t15-/m0/s1. The van der Waals surface area contributed by atoms with Gasteiger partial charge in [0.15, 0.2) is 0 Å². The normalized spacial score (nSPS) is 16.6. The zero-order chi connectivity index (χ0) is 20.5. The number of fused-ring (bicyclic) bond motifs is 1. The lowest BCUT2D eigenvalue weighted by molar-refractivity contribution is -0.143. The molecule has 150 valence electrons. The largest absolute Gasteiger partial charge is 0.465 e. The first-order valence-electron chi connectivity index (χ1n) is 9.65. The maximum absolute atomic E-state index is 12.8. The number of esters is 1. The van der Waals surface area contributed by atoms with E-state index in [4.69, 9.17) is 21.3 Å². The number of benzene rings is 2. The smallest absolute Gasteiger partial charge is 0.326 e. The molecule has 1 amide bonds. The minimum atomic E-state index is -0.316. The van der Waals surface area contributed by atoms with E-state index in [9.17, 15) is 9.59 Å². The topological polar surface area (TPSA) is 64.4 Å². The Morgan fingerprint density at radius 2 is 2.07 bits per heavy atom. The first kappa shape index (κ1) is 19.5. The van der Waals surface area contributed by atoms with Gasteiger partial charge in [0.05, 0.1) is 17.6 Å². The predicted molar refractivity (Wildman–Crippen MR) is 112 cm³/mol. The van der Waals surface area contributed by atoms with Crippen molar-refractivity contribution in [1.29, 1.82) is 0 Å². The zero-order valence-corrected chi connectivity index (χ0v) is 17.1. The Kier molecular flexibility index (Phi) is 5.28. The molecule has 29 heavy (non-hydrogen) atoms. The van der Waals surface area contributed by atoms with E-state index in [0.717, 1.165) is 28.1 Å². The predicted octanol–water partition coefficient (Wildman–Crippen LogP) is 4.08. The van der Waals surface area contributed by atoms with Gasteiger partial charge in [0.2, 0.25) is 5.91 Å². The van der Waals surface area contributed by atoms with E-state index in [-0.39, 0.29) is 24.3 Å². The molecule has 0 aliphatic carbocycles. The van der Waals surface area contributed by atoms with Gasteiger partial charge in [0.25, 0.3) is 0 Å². The van der Waals surface area contributed by atoms with Crippen LogP contribution in [0.4, 0.5) is 5.69 Å². The number of halogens is 1. The molecule has 2 heterocycles. The van der Waals surface area contributed by atoms with E-state index in [0.29, 0.717) is 24.6 Å². The molecule has 0 N–H and O–H groups in total. The highest BCUT2D eigenvalue weighted by Crippen LogP contribution is 2.35. The van der Waals surface area contributed by atoms with Gasteiger partial charge in [-0.3, -0.25) is 9.59 Å². The van der Waals surface area contributed by atoms with Crippen molar-refractivity contribution in [2.24, 2.45) is 0 Å². The number of aromatic nitrogens is 2. The van der Waals surface area contributed by atoms with Gasteiger partial charge in [-0.05, 0) is 43.7 Å². The number of hydrogen-bond donors (Lipinski definition) is 0. The molecule has 1 fully saturated rings. The first-order valence-corrected chi connectivity index (χ1v) is 10.0. The Labute approximate surface area is 174 Å². The fourth-order valence-corrected chi connectivity index (χ4v) is 4.06. The third-order valence-electron chi connectivity index (χ3n) is 5.23. The van der Waals surface area contributed by atoms with Crippen LogP contribution in [0.2, 0.25) is 5.02 Å². The summed E-state index contributed by atoms with van der Waals surface area (Å²) < 4.78 is 7.02. The number of para-hydroxylation sites is 2. The lowest BCUT2D eigenvalue weighted by Gasteiger charge is -2.19. The maximum Gasteiger partial charge on any atom is 0.326 e. The van der Waals surface area contributed by atoms with Gasteiger partial charge in [-0.25, -0.2) is 4.98 Å². The van der Waals surface area contributed by atoms with Crippen LogP contribution in [0.15, 0.2) is 42.5 Å². The Hall–Kier alpha value is -2.86. The van der Waals surface area contributed by atoms with Gasteiger partial charge in [-0.2, -0.15) is 0 Å². The fourth-order valence-electron chi connectivity index (χ4n) is 3.89. The van der Waals surface area contributed by atoms with Crippen LogP contribution in [-0.4, -0.2) is 34.6 Å². The SMILES string of the molecule is CCOC(=O)Cn1c([C@H]2CC(=O)N(c3cc(Cl)ccc3C)C2)nc2ccccc21. The number of nitrogens with zero attached hydrogens (tertiary/aromatic N) is 3. The van der Waals surface area contributed by atoms with Crippen LogP contribution < -0.4 is 4.90 Å². The molecule has 3 aromatic rings. The van der Waals surface area contributed by atoms with Crippen molar-refractivity contribution in [2.75, 3.05) is 18.1 Å². The summed E-state index contributed by atoms with van der Waals surface area (Å²) in [5.74, 6) is 0.316. The van der Waals surface area contributed by atoms with E-state index in [1.54, 1.807) is 11.8 Å². The van der Waals surface area contributed by atoms with Crippen LogP contribution in [-0.2, 0) is 20.9 Å². The van der Waals surface area contributed by atoms with Crippen LogP contribution in [0.5, 0.6) is 0 Å². The molecule has 2 aromatic carbocycles. The minimum absolute atomic E-state index is 0.0232. The van der Waals surface area contributed by atoms with Crippen molar-refractivity contribution in [2.45, 2.75) is 32.7 Å². The second-order valence-corrected chi connectivity index (χ2v) is 7.62. The van der Waals surface area contributed by atoms with Gasteiger partial charge in [-0.1, -0.05) is 29.8 Å². The molecule has 0 spiro atoms. The molecule has 1 aromatic heterocycles. The van der Waals surface area contributed by atoms with Gasteiger partial charge in [0.1, 0.15) is 12.4 Å². The summed E-state index contributed by atoms with van der Waals surface area (Å²) in [5.41, 5.74) is 3.47.